The summed E-state index contributed by atoms with van der Waals surface area (Å²) in [7, 11) is 1.92. The van der Waals surface area contributed by atoms with E-state index in [2.05, 4.69) is 29.8 Å². The van der Waals surface area contributed by atoms with Crippen molar-refractivity contribution in [3.8, 4) is 0 Å². The first-order valence-electron chi connectivity index (χ1n) is 6.69. The molecule has 2 heterocycles. The van der Waals surface area contributed by atoms with Crippen molar-refractivity contribution in [3.63, 3.8) is 0 Å². The Morgan fingerprint density at radius 2 is 2.44 bits per heavy atom. The van der Waals surface area contributed by atoms with E-state index in [0.717, 1.165) is 25.9 Å². The third kappa shape index (κ3) is 3.33. The molecule has 4 heteroatoms. The van der Waals surface area contributed by atoms with E-state index >= 15 is 0 Å². The van der Waals surface area contributed by atoms with Gasteiger partial charge in [0, 0.05) is 18.5 Å². The molecule has 1 aromatic rings. The maximum atomic E-state index is 12.3. The third-order valence-corrected chi connectivity index (χ3v) is 4.62. The SMILES string of the molecule is CC1CCCNC1C(=O)N(C)CCc1cccs1. The molecular weight excluding hydrogens is 244 g/mol. The van der Waals surface area contributed by atoms with Crippen LogP contribution in [0.4, 0.5) is 0 Å². The monoisotopic (exact) mass is 266 g/mol. The van der Waals surface area contributed by atoms with E-state index in [1.54, 1.807) is 11.3 Å². The zero-order valence-electron chi connectivity index (χ0n) is 11.2. The van der Waals surface area contributed by atoms with E-state index < -0.39 is 0 Å². The number of nitrogens with zero attached hydrogens (tertiary/aromatic N) is 1. The summed E-state index contributed by atoms with van der Waals surface area (Å²) in [6, 6.07) is 4.21. The van der Waals surface area contributed by atoms with E-state index in [1.165, 1.54) is 11.3 Å². The first-order valence-corrected chi connectivity index (χ1v) is 7.57. The Labute approximate surface area is 113 Å². The molecule has 1 amide bonds. The van der Waals surface area contributed by atoms with Crippen molar-refractivity contribution < 1.29 is 4.79 Å². The van der Waals surface area contributed by atoms with Crippen LogP contribution in [0.25, 0.3) is 0 Å². The topological polar surface area (TPSA) is 32.3 Å². The molecule has 2 atom stereocenters. The van der Waals surface area contributed by atoms with Crippen LogP contribution in [0.3, 0.4) is 0 Å². The smallest absolute Gasteiger partial charge is 0.239 e. The Balaban J connectivity index is 1.84. The number of hydrogen-bond acceptors (Lipinski definition) is 3. The summed E-state index contributed by atoms with van der Waals surface area (Å²) in [5, 5.41) is 5.44. The summed E-state index contributed by atoms with van der Waals surface area (Å²) < 4.78 is 0. The molecule has 0 aliphatic carbocycles. The second-order valence-electron chi connectivity index (χ2n) is 5.14. The Hall–Kier alpha value is -0.870. The van der Waals surface area contributed by atoms with Gasteiger partial charge in [-0.05, 0) is 43.2 Å². The second-order valence-corrected chi connectivity index (χ2v) is 6.17. The van der Waals surface area contributed by atoms with Crippen molar-refractivity contribution in [2.75, 3.05) is 20.1 Å². The molecule has 1 aliphatic rings. The highest BCUT2D eigenvalue weighted by atomic mass is 32.1. The van der Waals surface area contributed by atoms with Crippen LogP contribution >= 0.6 is 11.3 Å². The summed E-state index contributed by atoms with van der Waals surface area (Å²) >= 11 is 1.76. The lowest BCUT2D eigenvalue weighted by atomic mass is 9.92. The van der Waals surface area contributed by atoms with E-state index in [-0.39, 0.29) is 11.9 Å². The average molecular weight is 266 g/mol. The maximum Gasteiger partial charge on any atom is 0.239 e. The first-order chi connectivity index (χ1) is 8.68. The Kier molecular flexibility index (Phi) is 4.78. The zero-order chi connectivity index (χ0) is 13.0. The van der Waals surface area contributed by atoms with Crippen molar-refractivity contribution in [3.05, 3.63) is 22.4 Å². The fraction of sp³-hybridized carbons (Fsp3) is 0.643. The Bertz CT molecular complexity index is 377. The molecular formula is C14H22N2OS. The molecule has 0 bridgehead atoms. The van der Waals surface area contributed by atoms with Gasteiger partial charge in [0.2, 0.25) is 5.91 Å². The first kappa shape index (κ1) is 13.6. The molecule has 3 nitrogen and oxygen atoms in total. The fourth-order valence-electron chi connectivity index (χ4n) is 2.46. The average Bonchev–Trinajstić information content (AvgIpc) is 2.89. The standard InChI is InChI=1S/C14H22N2OS/c1-11-5-3-8-15-13(11)14(17)16(2)9-7-12-6-4-10-18-12/h4,6,10-11,13,15H,3,5,7-9H2,1-2H3. The largest absolute Gasteiger partial charge is 0.344 e. The minimum Gasteiger partial charge on any atom is -0.344 e. The molecule has 0 radical (unpaired) electrons. The van der Waals surface area contributed by atoms with Gasteiger partial charge in [-0.2, -0.15) is 0 Å². The van der Waals surface area contributed by atoms with Gasteiger partial charge in [0.05, 0.1) is 6.04 Å². The van der Waals surface area contributed by atoms with Crippen LogP contribution in [-0.4, -0.2) is 37.0 Å². The zero-order valence-corrected chi connectivity index (χ0v) is 12.0. The van der Waals surface area contributed by atoms with Crippen LogP contribution in [0.5, 0.6) is 0 Å². The molecule has 18 heavy (non-hydrogen) atoms. The summed E-state index contributed by atoms with van der Waals surface area (Å²) in [5.41, 5.74) is 0. The number of piperidine rings is 1. The number of rotatable bonds is 4. The van der Waals surface area contributed by atoms with Gasteiger partial charge in [0.1, 0.15) is 0 Å². The second kappa shape index (κ2) is 6.34. The molecule has 1 fully saturated rings. The van der Waals surface area contributed by atoms with Crippen molar-refractivity contribution in [1.29, 1.82) is 0 Å². The molecule has 100 valence electrons. The lowest BCUT2D eigenvalue weighted by Crippen LogP contribution is -2.51. The molecule has 0 aromatic carbocycles. The van der Waals surface area contributed by atoms with Gasteiger partial charge < -0.3 is 10.2 Å². The predicted octanol–water partition coefficient (Wildman–Crippen LogP) is 2.14. The minimum atomic E-state index is 0.0204. The van der Waals surface area contributed by atoms with Crippen molar-refractivity contribution in [2.24, 2.45) is 5.92 Å². The van der Waals surface area contributed by atoms with Crippen molar-refractivity contribution in [2.45, 2.75) is 32.2 Å². The lowest BCUT2D eigenvalue weighted by molar-refractivity contribution is -0.133. The summed E-state index contributed by atoms with van der Waals surface area (Å²) in [6.07, 6.45) is 3.30. The number of amides is 1. The number of thiophene rings is 1. The van der Waals surface area contributed by atoms with Crippen molar-refractivity contribution in [1.82, 2.24) is 10.2 Å². The summed E-state index contributed by atoms with van der Waals surface area (Å²) in [6.45, 7) is 3.95. The molecule has 1 aliphatic heterocycles. The van der Waals surface area contributed by atoms with Crippen LogP contribution in [0.2, 0.25) is 0 Å². The summed E-state index contributed by atoms with van der Waals surface area (Å²) in [4.78, 5) is 15.6. The lowest BCUT2D eigenvalue weighted by Gasteiger charge is -2.32. The van der Waals surface area contributed by atoms with Crippen molar-refractivity contribution >= 4 is 17.2 Å². The number of hydrogen-bond donors (Lipinski definition) is 1. The summed E-state index contributed by atoms with van der Waals surface area (Å²) in [5.74, 6) is 0.703. The van der Waals surface area contributed by atoms with Crippen LogP contribution in [-0.2, 0) is 11.2 Å². The van der Waals surface area contributed by atoms with Gasteiger partial charge in [-0.25, -0.2) is 0 Å². The molecule has 0 saturated carbocycles. The normalized spacial score (nSPS) is 23.9. The molecule has 1 saturated heterocycles. The van der Waals surface area contributed by atoms with Gasteiger partial charge in [0.15, 0.2) is 0 Å². The van der Waals surface area contributed by atoms with E-state index in [1.807, 2.05) is 11.9 Å². The Morgan fingerprint density at radius 1 is 1.61 bits per heavy atom. The Morgan fingerprint density at radius 3 is 3.11 bits per heavy atom. The maximum absolute atomic E-state index is 12.3. The highest BCUT2D eigenvalue weighted by molar-refractivity contribution is 7.09. The highest BCUT2D eigenvalue weighted by Crippen LogP contribution is 2.17. The van der Waals surface area contributed by atoms with Crippen LogP contribution in [0.15, 0.2) is 17.5 Å². The van der Waals surface area contributed by atoms with E-state index in [0.29, 0.717) is 5.92 Å². The molecule has 2 unspecified atom stereocenters. The number of nitrogens with one attached hydrogen (secondary N) is 1. The molecule has 1 N–H and O–H groups in total. The minimum absolute atomic E-state index is 0.0204. The van der Waals surface area contributed by atoms with Gasteiger partial charge >= 0.3 is 0 Å². The molecule has 2 rings (SSSR count). The molecule has 0 spiro atoms. The predicted molar refractivity (Wildman–Crippen MR) is 75.8 cm³/mol. The van der Waals surface area contributed by atoms with Gasteiger partial charge in [-0.3, -0.25) is 4.79 Å². The molecule has 1 aromatic heterocycles. The number of likely N-dealkylation sites (N-methyl/N-ethyl adjacent to an activating group) is 1. The van der Waals surface area contributed by atoms with E-state index in [4.69, 9.17) is 0 Å². The fourth-order valence-corrected chi connectivity index (χ4v) is 3.16. The van der Waals surface area contributed by atoms with E-state index in [9.17, 15) is 4.79 Å². The third-order valence-electron chi connectivity index (χ3n) is 3.69. The van der Waals surface area contributed by atoms with Crippen LogP contribution < -0.4 is 5.32 Å². The quantitative estimate of drug-likeness (QED) is 0.905. The van der Waals surface area contributed by atoms with Gasteiger partial charge in [0.25, 0.3) is 0 Å². The highest BCUT2D eigenvalue weighted by Gasteiger charge is 2.29. The van der Waals surface area contributed by atoms with Gasteiger partial charge in [-0.1, -0.05) is 13.0 Å². The van der Waals surface area contributed by atoms with Crippen LogP contribution in [0.1, 0.15) is 24.6 Å². The number of carbonyl (C=O) groups is 1. The van der Waals surface area contributed by atoms with Crippen LogP contribution in [0, 0.1) is 5.92 Å². The van der Waals surface area contributed by atoms with Gasteiger partial charge in [-0.15, -0.1) is 11.3 Å². The number of carbonyl (C=O) groups excluding carboxylic acids is 1.